The van der Waals surface area contributed by atoms with Crippen molar-refractivity contribution < 1.29 is 4.79 Å². The average Bonchev–Trinajstić information content (AvgIpc) is 2.45. The van der Waals surface area contributed by atoms with Crippen LogP contribution in [-0.2, 0) is 4.79 Å². The number of carbonyl (C=O) groups is 1. The van der Waals surface area contributed by atoms with Gasteiger partial charge in [0.1, 0.15) is 0 Å². The highest BCUT2D eigenvalue weighted by Crippen LogP contribution is 2.21. The summed E-state index contributed by atoms with van der Waals surface area (Å²) >= 11 is 0. The molecule has 0 aromatic rings. The maximum atomic E-state index is 12.3. The largest absolute Gasteiger partial charge is 0.340 e. The summed E-state index contributed by atoms with van der Waals surface area (Å²) in [6.45, 7) is 4.34. The zero-order valence-electron chi connectivity index (χ0n) is 11.8. The van der Waals surface area contributed by atoms with E-state index in [0.717, 1.165) is 32.4 Å². The Kier molecular flexibility index (Phi) is 5.48. The second-order valence-corrected chi connectivity index (χ2v) is 5.83. The number of rotatable bonds is 4. The molecule has 2 atom stereocenters. The minimum absolute atomic E-state index is 0.397. The molecule has 2 unspecified atom stereocenters. The zero-order valence-corrected chi connectivity index (χ0v) is 11.8. The average molecular weight is 252 g/mol. The van der Waals surface area contributed by atoms with Gasteiger partial charge in [0.15, 0.2) is 0 Å². The monoisotopic (exact) mass is 252 g/mol. The normalized spacial score (nSPS) is 29.3. The van der Waals surface area contributed by atoms with Gasteiger partial charge in [-0.15, -0.1) is 0 Å². The Balaban J connectivity index is 1.75. The quantitative estimate of drug-likeness (QED) is 0.834. The minimum Gasteiger partial charge on any atom is -0.340 e. The molecule has 0 aromatic heterocycles. The third-order valence-electron chi connectivity index (χ3n) is 4.54. The van der Waals surface area contributed by atoms with Gasteiger partial charge in [-0.05, 0) is 51.5 Å². The molecule has 2 aliphatic rings. The Morgan fingerprint density at radius 1 is 1.22 bits per heavy atom. The molecule has 104 valence electrons. The number of hydrogen-bond donors (Lipinski definition) is 1. The van der Waals surface area contributed by atoms with Crippen LogP contribution in [0.25, 0.3) is 0 Å². The van der Waals surface area contributed by atoms with Crippen LogP contribution >= 0.6 is 0 Å². The van der Waals surface area contributed by atoms with Gasteiger partial charge in [-0.1, -0.05) is 13.3 Å². The Morgan fingerprint density at radius 2 is 2.06 bits per heavy atom. The number of nitrogens with zero attached hydrogens (tertiary/aromatic N) is 1. The van der Waals surface area contributed by atoms with Crippen molar-refractivity contribution in [2.45, 2.75) is 76.8 Å². The lowest BCUT2D eigenvalue weighted by molar-refractivity contribution is -0.135. The molecular formula is C15H28N2O. The van der Waals surface area contributed by atoms with E-state index in [1.54, 1.807) is 0 Å². The van der Waals surface area contributed by atoms with Gasteiger partial charge >= 0.3 is 0 Å². The zero-order chi connectivity index (χ0) is 12.8. The Labute approximate surface area is 111 Å². The first kappa shape index (κ1) is 13.9. The number of hydrogen-bond acceptors (Lipinski definition) is 2. The predicted octanol–water partition coefficient (Wildman–Crippen LogP) is 2.70. The van der Waals surface area contributed by atoms with Gasteiger partial charge in [-0.3, -0.25) is 4.79 Å². The lowest BCUT2D eigenvalue weighted by Gasteiger charge is -2.36. The van der Waals surface area contributed by atoms with Crippen molar-refractivity contribution in [1.82, 2.24) is 10.2 Å². The molecule has 2 fully saturated rings. The highest BCUT2D eigenvalue weighted by molar-refractivity contribution is 5.76. The summed E-state index contributed by atoms with van der Waals surface area (Å²) in [7, 11) is 0. The van der Waals surface area contributed by atoms with Crippen LogP contribution in [0.5, 0.6) is 0 Å². The van der Waals surface area contributed by atoms with E-state index in [2.05, 4.69) is 17.1 Å². The van der Waals surface area contributed by atoms with Crippen molar-refractivity contribution in [3.8, 4) is 0 Å². The topological polar surface area (TPSA) is 32.3 Å². The highest BCUT2D eigenvalue weighted by Gasteiger charge is 2.25. The van der Waals surface area contributed by atoms with E-state index >= 15 is 0 Å². The van der Waals surface area contributed by atoms with Crippen LogP contribution in [0, 0.1) is 0 Å². The second kappa shape index (κ2) is 7.13. The highest BCUT2D eigenvalue weighted by atomic mass is 16.2. The molecule has 2 saturated heterocycles. The summed E-state index contributed by atoms with van der Waals surface area (Å²) in [6, 6.07) is 1.11. The Morgan fingerprint density at radius 3 is 2.78 bits per heavy atom. The molecule has 1 amide bonds. The molecule has 2 heterocycles. The van der Waals surface area contributed by atoms with Gasteiger partial charge in [0.25, 0.3) is 0 Å². The number of nitrogens with one attached hydrogen (secondary N) is 1. The molecule has 2 aliphatic heterocycles. The van der Waals surface area contributed by atoms with Crippen molar-refractivity contribution in [3.63, 3.8) is 0 Å². The fourth-order valence-corrected chi connectivity index (χ4v) is 3.37. The third kappa shape index (κ3) is 3.71. The van der Waals surface area contributed by atoms with Gasteiger partial charge in [-0.25, -0.2) is 0 Å². The fourth-order valence-electron chi connectivity index (χ4n) is 3.37. The number of amides is 1. The molecule has 3 heteroatoms. The molecule has 0 aliphatic carbocycles. The van der Waals surface area contributed by atoms with Crippen LogP contribution in [0.3, 0.4) is 0 Å². The van der Waals surface area contributed by atoms with Crippen LogP contribution < -0.4 is 5.32 Å². The molecule has 2 rings (SSSR count). The van der Waals surface area contributed by atoms with E-state index in [9.17, 15) is 4.79 Å². The van der Waals surface area contributed by atoms with Gasteiger partial charge in [0, 0.05) is 25.0 Å². The van der Waals surface area contributed by atoms with Crippen LogP contribution in [0.4, 0.5) is 0 Å². The molecular weight excluding hydrogens is 224 g/mol. The van der Waals surface area contributed by atoms with E-state index in [-0.39, 0.29) is 0 Å². The standard InChI is InChI=1S/C15H28N2O/c1-2-14-8-4-6-12-17(14)15(18)10-9-13-7-3-5-11-16-13/h13-14,16H,2-12H2,1H3. The molecule has 0 saturated carbocycles. The molecule has 3 nitrogen and oxygen atoms in total. The first-order valence-electron chi connectivity index (χ1n) is 7.84. The summed E-state index contributed by atoms with van der Waals surface area (Å²) < 4.78 is 0. The van der Waals surface area contributed by atoms with Crippen LogP contribution in [0.1, 0.15) is 64.7 Å². The first-order valence-corrected chi connectivity index (χ1v) is 7.84. The van der Waals surface area contributed by atoms with Crippen LogP contribution in [0.2, 0.25) is 0 Å². The lowest BCUT2D eigenvalue weighted by Crippen LogP contribution is -2.44. The number of carbonyl (C=O) groups excluding carboxylic acids is 1. The summed E-state index contributed by atoms with van der Waals surface area (Å²) in [6.07, 6.45) is 10.5. The molecule has 1 N–H and O–H groups in total. The molecule has 0 spiro atoms. The Hall–Kier alpha value is -0.570. The van der Waals surface area contributed by atoms with Gasteiger partial charge in [0.2, 0.25) is 5.91 Å². The van der Waals surface area contributed by atoms with Crippen molar-refractivity contribution >= 4 is 5.91 Å². The predicted molar refractivity (Wildman–Crippen MR) is 74.5 cm³/mol. The maximum Gasteiger partial charge on any atom is 0.222 e. The van der Waals surface area contributed by atoms with Crippen molar-refractivity contribution in [2.75, 3.05) is 13.1 Å². The SMILES string of the molecule is CCC1CCCCN1C(=O)CCC1CCCCN1. The van der Waals surface area contributed by atoms with Crippen LogP contribution in [-0.4, -0.2) is 36.0 Å². The van der Waals surface area contributed by atoms with E-state index in [1.807, 2.05) is 0 Å². The summed E-state index contributed by atoms with van der Waals surface area (Å²) in [5.74, 6) is 0.397. The van der Waals surface area contributed by atoms with Crippen molar-refractivity contribution in [1.29, 1.82) is 0 Å². The summed E-state index contributed by atoms with van der Waals surface area (Å²) in [4.78, 5) is 14.5. The first-order chi connectivity index (χ1) is 8.81. The van der Waals surface area contributed by atoms with Crippen molar-refractivity contribution in [2.24, 2.45) is 0 Å². The van der Waals surface area contributed by atoms with E-state index in [1.165, 1.54) is 38.5 Å². The third-order valence-corrected chi connectivity index (χ3v) is 4.54. The summed E-state index contributed by atoms with van der Waals surface area (Å²) in [5, 5.41) is 3.53. The minimum atomic E-state index is 0.397. The molecule has 18 heavy (non-hydrogen) atoms. The fraction of sp³-hybridized carbons (Fsp3) is 0.933. The van der Waals surface area contributed by atoms with Gasteiger partial charge in [0.05, 0.1) is 0 Å². The van der Waals surface area contributed by atoms with E-state index in [0.29, 0.717) is 18.0 Å². The van der Waals surface area contributed by atoms with Crippen molar-refractivity contribution in [3.05, 3.63) is 0 Å². The summed E-state index contributed by atoms with van der Waals surface area (Å²) in [5.41, 5.74) is 0. The molecule has 0 radical (unpaired) electrons. The smallest absolute Gasteiger partial charge is 0.222 e. The molecule has 0 aromatic carbocycles. The number of piperidine rings is 2. The van der Waals surface area contributed by atoms with Gasteiger partial charge < -0.3 is 10.2 Å². The molecule has 0 bridgehead atoms. The second-order valence-electron chi connectivity index (χ2n) is 5.83. The van der Waals surface area contributed by atoms with Crippen LogP contribution in [0.15, 0.2) is 0 Å². The maximum absolute atomic E-state index is 12.3. The van der Waals surface area contributed by atoms with E-state index in [4.69, 9.17) is 0 Å². The number of likely N-dealkylation sites (tertiary alicyclic amines) is 1. The van der Waals surface area contributed by atoms with Gasteiger partial charge in [-0.2, -0.15) is 0 Å². The lowest BCUT2D eigenvalue weighted by atomic mass is 9.97. The Bertz CT molecular complexity index is 261. The van der Waals surface area contributed by atoms with E-state index < -0.39 is 0 Å².